The van der Waals surface area contributed by atoms with E-state index in [9.17, 15) is 4.79 Å². The number of hydrogen-bond donors (Lipinski definition) is 1. The maximum absolute atomic E-state index is 12.2. The first-order chi connectivity index (χ1) is 14.3. The third-order valence-corrected chi connectivity index (χ3v) is 4.58. The first-order valence-electron chi connectivity index (χ1n) is 9.01. The van der Waals surface area contributed by atoms with Crippen LogP contribution in [0.5, 0.6) is 0 Å². The molecule has 140 valence electrons. The normalized spacial score (nSPS) is 12.1. The molecule has 3 aromatic rings. The van der Waals surface area contributed by atoms with Gasteiger partial charge in [0.2, 0.25) is 5.56 Å². The van der Waals surface area contributed by atoms with Gasteiger partial charge in [-0.3, -0.25) is 14.8 Å². The lowest BCUT2D eigenvalue weighted by molar-refractivity contribution is 0.806. The van der Waals surface area contributed by atoms with E-state index < -0.39 is 0 Å². The molecule has 2 aliphatic heterocycles. The van der Waals surface area contributed by atoms with Crippen LogP contribution in [-0.2, 0) is 6.54 Å². The highest BCUT2D eigenvalue weighted by Crippen LogP contribution is 2.52. The van der Waals surface area contributed by atoms with Crippen molar-refractivity contribution in [1.82, 2.24) is 29.9 Å². The Morgan fingerprint density at radius 2 is 1.86 bits per heavy atom. The number of aromatic nitrogens is 6. The summed E-state index contributed by atoms with van der Waals surface area (Å²) >= 11 is 0. The average Bonchev–Trinajstić information content (AvgIpc) is 2.70. The summed E-state index contributed by atoms with van der Waals surface area (Å²) in [4.78, 5) is 39.0. The first kappa shape index (κ1) is 16.9. The highest BCUT2D eigenvalue weighted by molar-refractivity contribution is 6.12. The van der Waals surface area contributed by atoms with Gasteiger partial charge in [-0.1, -0.05) is 18.2 Å². The molecule has 4 heterocycles. The minimum atomic E-state index is -0.257. The van der Waals surface area contributed by atoms with Gasteiger partial charge in [0.05, 0.1) is 28.8 Å². The third kappa shape index (κ3) is 3.06. The molecule has 1 aromatic carbocycles. The maximum atomic E-state index is 12.2. The molecule has 0 radical (unpaired) electrons. The lowest BCUT2D eigenvalue weighted by Gasteiger charge is -2.41. The molecular weight excluding hydrogens is 366 g/mol. The molecule has 29 heavy (non-hydrogen) atoms. The van der Waals surface area contributed by atoms with Gasteiger partial charge in [0.1, 0.15) is 12.1 Å². The number of H-pyrrole nitrogens is 1. The van der Waals surface area contributed by atoms with Crippen molar-refractivity contribution >= 4 is 33.4 Å². The largest absolute Gasteiger partial charge is 0.329 e. The summed E-state index contributed by atoms with van der Waals surface area (Å²) in [7, 11) is 0. The van der Waals surface area contributed by atoms with Crippen LogP contribution in [0.25, 0.3) is 21.9 Å². The zero-order valence-electron chi connectivity index (χ0n) is 15.2. The van der Waals surface area contributed by atoms with Crippen molar-refractivity contribution < 1.29 is 0 Å². The van der Waals surface area contributed by atoms with Gasteiger partial charge in [-0.05, 0) is 18.2 Å². The first-order valence-corrected chi connectivity index (χ1v) is 9.01. The number of nitrogens with zero attached hydrogens (tertiary/aromatic N) is 6. The number of para-hydroxylation sites is 1. The highest BCUT2D eigenvalue weighted by atomic mass is 16.1. The van der Waals surface area contributed by atoms with Gasteiger partial charge >= 0.3 is 0 Å². The van der Waals surface area contributed by atoms with Gasteiger partial charge < -0.3 is 9.88 Å². The molecule has 0 saturated carbocycles. The van der Waals surface area contributed by atoms with E-state index in [2.05, 4.69) is 29.8 Å². The molecule has 0 spiro atoms. The Bertz CT molecular complexity index is 1380. The van der Waals surface area contributed by atoms with Crippen LogP contribution in [0.3, 0.4) is 0 Å². The molecule has 2 aromatic heterocycles. The zero-order valence-corrected chi connectivity index (χ0v) is 15.2. The molecule has 0 fully saturated rings. The summed E-state index contributed by atoms with van der Waals surface area (Å²) in [6.07, 6.45) is 7.94. The number of fused-ring (bicyclic) bond motifs is 2. The fraction of sp³-hybridized carbons (Fsp3) is 0.0476. The number of benzene rings is 1. The van der Waals surface area contributed by atoms with Gasteiger partial charge in [0, 0.05) is 36.2 Å². The molecule has 0 atom stereocenters. The summed E-state index contributed by atoms with van der Waals surface area (Å²) in [5, 5.41) is 1.58. The van der Waals surface area contributed by atoms with E-state index in [1.165, 1.54) is 18.6 Å². The van der Waals surface area contributed by atoms with Crippen molar-refractivity contribution in [3.63, 3.8) is 0 Å². The van der Waals surface area contributed by atoms with Gasteiger partial charge in [-0.25, -0.2) is 15.0 Å². The number of anilines is 2. The molecule has 0 unspecified atom stereocenters. The molecule has 1 N–H and O–H groups in total. The predicted molar refractivity (Wildman–Crippen MR) is 110 cm³/mol. The average molecular weight is 381 g/mol. The Morgan fingerprint density at radius 1 is 0.966 bits per heavy atom. The number of nitrogens with one attached hydrogen (secondary N) is 1. The molecule has 5 rings (SSSR count). The topological polar surface area (TPSA) is 101 Å². The SMILES string of the molecule is O=c1cc2ccccc2nc2ncnc3c2c2c(ncccnccc[nH]1)CN32. The standard InChI is InChI=1S/C21H15N7O/c29-17-11-14-5-1-2-6-15(14)27-20-18-19-16(12-28(19)21(18)26-13-25-20)23-9-3-7-22-8-4-10-24-17/h1-11,13H,12H2,(H,24,29). The van der Waals surface area contributed by atoms with Crippen molar-refractivity contribution in [3.8, 4) is 0 Å². The highest BCUT2D eigenvalue weighted by Gasteiger charge is 2.38. The fourth-order valence-corrected chi connectivity index (χ4v) is 3.25. The molecule has 8 heteroatoms. The van der Waals surface area contributed by atoms with Crippen LogP contribution in [0.1, 0.15) is 5.69 Å². The van der Waals surface area contributed by atoms with E-state index in [1.54, 1.807) is 30.7 Å². The molecule has 0 aliphatic carbocycles. The summed E-state index contributed by atoms with van der Waals surface area (Å²) < 4.78 is 0. The van der Waals surface area contributed by atoms with E-state index in [4.69, 9.17) is 4.98 Å². The lowest BCUT2D eigenvalue weighted by Crippen LogP contribution is -2.35. The second-order valence-electron chi connectivity index (χ2n) is 6.38. The Kier molecular flexibility index (Phi) is 4.14. The predicted octanol–water partition coefficient (Wildman–Crippen LogP) is 2.99. The Morgan fingerprint density at radius 3 is 2.83 bits per heavy atom. The van der Waals surface area contributed by atoms with Crippen molar-refractivity contribution in [2.24, 2.45) is 0 Å². The minimum absolute atomic E-state index is 0.257. The van der Waals surface area contributed by atoms with E-state index in [-0.39, 0.29) is 5.56 Å². The van der Waals surface area contributed by atoms with Crippen LogP contribution in [-0.4, -0.2) is 29.9 Å². The Balaban J connectivity index is 1.87. The number of aromatic amines is 1. The zero-order chi connectivity index (χ0) is 19.6. The van der Waals surface area contributed by atoms with Crippen molar-refractivity contribution in [1.29, 1.82) is 0 Å². The van der Waals surface area contributed by atoms with Crippen LogP contribution in [0.4, 0.5) is 11.5 Å². The van der Waals surface area contributed by atoms with Gasteiger partial charge in [0.15, 0.2) is 5.65 Å². The van der Waals surface area contributed by atoms with Gasteiger partial charge in [-0.15, -0.1) is 0 Å². The second kappa shape index (κ2) is 7.08. The van der Waals surface area contributed by atoms with Gasteiger partial charge in [0.25, 0.3) is 0 Å². The maximum Gasteiger partial charge on any atom is 0.248 e. The monoisotopic (exact) mass is 381 g/mol. The van der Waals surface area contributed by atoms with Crippen LogP contribution in [0.2, 0.25) is 0 Å². The van der Waals surface area contributed by atoms with E-state index in [0.29, 0.717) is 23.1 Å². The van der Waals surface area contributed by atoms with Crippen LogP contribution in [0, 0.1) is 0 Å². The molecule has 2 aliphatic rings. The summed E-state index contributed by atoms with van der Waals surface area (Å²) in [5.41, 5.74) is 2.91. The van der Waals surface area contributed by atoms with E-state index in [1.807, 2.05) is 24.3 Å². The summed E-state index contributed by atoms with van der Waals surface area (Å²) in [5.74, 6) is 0.853. The molecule has 0 bridgehead atoms. The Hall–Kier alpha value is -4.20. The lowest BCUT2D eigenvalue weighted by atomic mass is 10.00. The van der Waals surface area contributed by atoms with E-state index >= 15 is 0 Å². The molecule has 8 nitrogen and oxygen atoms in total. The Labute approximate surface area is 165 Å². The fourth-order valence-electron chi connectivity index (χ4n) is 3.25. The minimum Gasteiger partial charge on any atom is -0.329 e. The quantitative estimate of drug-likeness (QED) is 0.639. The molecular formula is C21H15N7O. The molecule has 0 saturated heterocycles. The van der Waals surface area contributed by atoms with Crippen LogP contribution < -0.4 is 10.5 Å². The van der Waals surface area contributed by atoms with Crippen molar-refractivity contribution in [2.75, 3.05) is 4.90 Å². The van der Waals surface area contributed by atoms with Crippen molar-refractivity contribution in [2.45, 2.75) is 6.54 Å². The van der Waals surface area contributed by atoms with E-state index in [0.717, 1.165) is 22.6 Å². The number of hydrogen-bond acceptors (Lipinski definition) is 7. The third-order valence-electron chi connectivity index (χ3n) is 4.58. The van der Waals surface area contributed by atoms with Crippen molar-refractivity contribution in [3.05, 3.63) is 89.6 Å². The second-order valence-corrected chi connectivity index (χ2v) is 6.38. The van der Waals surface area contributed by atoms with Crippen LogP contribution >= 0.6 is 0 Å². The summed E-state index contributed by atoms with van der Waals surface area (Å²) in [6.45, 7) is 0.708. The smallest absolute Gasteiger partial charge is 0.248 e. The molecule has 0 amide bonds. The van der Waals surface area contributed by atoms with Crippen LogP contribution in [0.15, 0.2) is 78.4 Å². The number of rotatable bonds is 0. The van der Waals surface area contributed by atoms with Gasteiger partial charge in [-0.2, -0.15) is 0 Å². The summed E-state index contributed by atoms with van der Waals surface area (Å²) in [6, 6.07) is 12.3.